The summed E-state index contributed by atoms with van der Waals surface area (Å²) in [6.07, 6.45) is 1.88. The molecular weight excluding hydrogens is 298 g/mol. The molecule has 0 amide bonds. The molecule has 0 bridgehead atoms. The summed E-state index contributed by atoms with van der Waals surface area (Å²) in [5.74, 6) is 2.26. The third-order valence-corrected chi connectivity index (χ3v) is 4.32. The Morgan fingerprint density at radius 2 is 2.14 bits per heavy atom. The van der Waals surface area contributed by atoms with E-state index >= 15 is 0 Å². The Labute approximate surface area is 135 Å². The van der Waals surface area contributed by atoms with Crippen LogP contribution in [0.15, 0.2) is 14.8 Å². The average molecular weight is 321 g/mol. The van der Waals surface area contributed by atoms with Crippen LogP contribution in [0.5, 0.6) is 0 Å². The maximum Gasteiger partial charge on any atom is 0.214 e. The minimum absolute atomic E-state index is 0.519. The van der Waals surface area contributed by atoms with Crippen LogP contribution < -0.4 is 10.6 Å². The van der Waals surface area contributed by atoms with Crippen LogP contribution in [0.25, 0.3) is 0 Å². The zero-order chi connectivity index (χ0) is 15.9. The van der Waals surface area contributed by atoms with Gasteiger partial charge in [-0.25, -0.2) is 9.97 Å². The molecule has 0 fully saturated rings. The molecule has 0 aliphatic carbocycles. The van der Waals surface area contributed by atoms with Crippen molar-refractivity contribution >= 4 is 17.3 Å². The van der Waals surface area contributed by atoms with E-state index in [1.165, 1.54) is 5.01 Å². The highest BCUT2D eigenvalue weighted by molar-refractivity contribution is 7.09. The number of nitrogens with zero attached hydrogens (tertiary/aromatic N) is 3. The van der Waals surface area contributed by atoms with Gasteiger partial charge in [-0.1, -0.05) is 6.92 Å². The van der Waals surface area contributed by atoms with Gasteiger partial charge in [-0.2, -0.15) is 0 Å². The number of aryl methyl sites for hydroxylation is 3. The van der Waals surface area contributed by atoms with Gasteiger partial charge in [0.15, 0.2) is 5.96 Å². The van der Waals surface area contributed by atoms with E-state index in [1.54, 1.807) is 18.4 Å². The summed E-state index contributed by atoms with van der Waals surface area (Å²) in [6, 6.07) is 0. The first-order chi connectivity index (χ1) is 10.6. The Morgan fingerprint density at radius 3 is 2.73 bits per heavy atom. The van der Waals surface area contributed by atoms with Crippen molar-refractivity contribution in [2.24, 2.45) is 4.99 Å². The lowest BCUT2D eigenvalue weighted by atomic mass is 10.3. The Kier molecular flexibility index (Phi) is 5.94. The fraction of sp³-hybridized carbons (Fsp3) is 0.533. The highest BCUT2D eigenvalue weighted by Gasteiger charge is 2.06. The van der Waals surface area contributed by atoms with E-state index in [0.717, 1.165) is 42.5 Å². The molecule has 2 heterocycles. The van der Waals surface area contributed by atoms with Crippen LogP contribution in [-0.2, 0) is 19.4 Å². The van der Waals surface area contributed by atoms with Crippen LogP contribution in [-0.4, -0.2) is 29.5 Å². The molecule has 0 atom stereocenters. The molecule has 0 spiro atoms. The van der Waals surface area contributed by atoms with Crippen LogP contribution in [0.1, 0.15) is 35.0 Å². The summed E-state index contributed by atoms with van der Waals surface area (Å²) >= 11 is 1.72. The molecule has 0 unspecified atom stereocenters. The van der Waals surface area contributed by atoms with Crippen LogP contribution >= 0.6 is 11.3 Å². The molecule has 7 heteroatoms. The number of aromatic nitrogens is 2. The maximum atomic E-state index is 5.53. The summed E-state index contributed by atoms with van der Waals surface area (Å²) in [7, 11) is 1.75. The zero-order valence-electron chi connectivity index (χ0n) is 13.6. The first-order valence-corrected chi connectivity index (χ1v) is 8.31. The Morgan fingerprint density at radius 1 is 1.32 bits per heavy atom. The van der Waals surface area contributed by atoms with Crippen molar-refractivity contribution in [3.05, 3.63) is 33.4 Å². The molecule has 0 saturated heterocycles. The normalized spacial score (nSPS) is 11.7. The van der Waals surface area contributed by atoms with E-state index < -0.39 is 0 Å². The summed E-state index contributed by atoms with van der Waals surface area (Å²) in [5.41, 5.74) is 2.05. The van der Waals surface area contributed by atoms with Crippen molar-refractivity contribution in [3.8, 4) is 0 Å². The predicted octanol–water partition coefficient (Wildman–Crippen LogP) is 2.22. The summed E-state index contributed by atoms with van der Waals surface area (Å²) < 4.78 is 5.53. The van der Waals surface area contributed by atoms with Crippen LogP contribution in [0.3, 0.4) is 0 Å². The first kappa shape index (κ1) is 16.5. The topological polar surface area (TPSA) is 75.3 Å². The van der Waals surface area contributed by atoms with Crippen molar-refractivity contribution in [1.82, 2.24) is 20.6 Å². The molecule has 120 valence electrons. The molecule has 0 radical (unpaired) electrons. The molecule has 2 aromatic heterocycles. The van der Waals surface area contributed by atoms with Gasteiger partial charge in [0.1, 0.15) is 5.76 Å². The zero-order valence-corrected chi connectivity index (χ0v) is 14.4. The molecule has 6 nitrogen and oxygen atoms in total. The number of aliphatic imine (C=N–C) groups is 1. The quantitative estimate of drug-likeness (QED) is 0.630. The molecule has 2 N–H and O–H groups in total. The highest BCUT2D eigenvalue weighted by Crippen LogP contribution is 2.10. The van der Waals surface area contributed by atoms with E-state index in [4.69, 9.17) is 4.42 Å². The SMILES string of the molecule is CCc1nc(CCNC(=NC)NCc2nc(C)c(C)o2)cs1. The molecule has 22 heavy (non-hydrogen) atoms. The van der Waals surface area contributed by atoms with Gasteiger partial charge in [0.25, 0.3) is 0 Å². The van der Waals surface area contributed by atoms with Gasteiger partial charge in [0, 0.05) is 25.4 Å². The number of rotatable bonds is 6. The van der Waals surface area contributed by atoms with Crippen LogP contribution in [0.4, 0.5) is 0 Å². The number of guanidine groups is 1. The van der Waals surface area contributed by atoms with Gasteiger partial charge >= 0.3 is 0 Å². The lowest BCUT2D eigenvalue weighted by Crippen LogP contribution is -2.38. The van der Waals surface area contributed by atoms with Crippen molar-refractivity contribution in [1.29, 1.82) is 0 Å². The molecule has 0 aromatic carbocycles. The van der Waals surface area contributed by atoms with E-state index in [1.807, 2.05) is 13.8 Å². The minimum Gasteiger partial charge on any atom is -0.444 e. The molecule has 0 aliphatic rings. The maximum absolute atomic E-state index is 5.53. The Balaban J connectivity index is 1.75. The van der Waals surface area contributed by atoms with Gasteiger partial charge in [-0.05, 0) is 20.3 Å². The second kappa shape index (κ2) is 7.93. The fourth-order valence-corrected chi connectivity index (χ4v) is 2.71. The lowest BCUT2D eigenvalue weighted by Gasteiger charge is -2.09. The van der Waals surface area contributed by atoms with Gasteiger partial charge in [-0.3, -0.25) is 4.99 Å². The summed E-state index contributed by atoms with van der Waals surface area (Å²) in [6.45, 7) is 7.28. The minimum atomic E-state index is 0.519. The standard InChI is InChI=1S/C15H23N5OS/c1-5-14-20-12(9-22-14)6-7-17-15(16-4)18-8-13-19-10(2)11(3)21-13/h9H,5-8H2,1-4H3,(H2,16,17,18). The van der Waals surface area contributed by atoms with Crippen molar-refractivity contribution in [3.63, 3.8) is 0 Å². The number of hydrogen-bond acceptors (Lipinski definition) is 5. The molecule has 0 saturated carbocycles. The van der Waals surface area contributed by atoms with Crippen LogP contribution in [0, 0.1) is 13.8 Å². The highest BCUT2D eigenvalue weighted by atomic mass is 32.1. The van der Waals surface area contributed by atoms with Crippen molar-refractivity contribution in [2.75, 3.05) is 13.6 Å². The molecule has 0 aliphatic heterocycles. The second-order valence-electron chi connectivity index (χ2n) is 4.94. The largest absolute Gasteiger partial charge is 0.444 e. The summed E-state index contributed by atoms with van der Waals surface area (Å²) in [4.78, 5) is 13.1. The van der Waals surface area contributed by atoms with E-state index in [2.05, 4.69) is 37.9 Å². The first-order valence-electron chi connectivity index (χ1n) is 7.43. The number of thiazole rings is 1. The lowest BCUT2D eigenvalue weighted by molar-refractivity contribution is 0.463. The van der Waals surface area contributed by atoms with E-state index in [-0.39, 0.29) is 0 Å². The van der Waals surface area contributed by atoms with Gasteiger partial charge in [0.05, 0.1) is 22.9 Å². The van der Waals surface area contributed by atoms with Crippen molar-refractivity contribution < 1.29 is 4.42 Å². The second-order valence-corrected chi connectivity index (χ2v) is 5.88. The molecule has 2 aromatic rings. The van der Waals surface area contributed by atoms with Crippen LogP contribution in [0.2, 0.25) is 0 Å². The Bertz CT molecular complexity index is 612. The van der Waals surface area contributed by atoms with E-state index in [9.17, 15) is 0 Å². The number of nitrogens with one attached hydrogen (secondary N) is 2. The third-order valence-electron chi connectivity index (χ3n) is 3.28. The van der Waals surface area contributed by atoms with E-state index in [0.29, 0.717) is 12.4 Å². The van der Waals surface area contributed by atoms with Gasteiger partial charge in [0.2, 0.25) is 5.89 Å². The van der Waals surface area contributed by atoms with Gasteiger partial charge in [-0.15, -0.1) is 11.3 Å². The fourth-order valence-electron chi connectivity index (χ4n) is 1.93. The number of hydrogen-bond donors (Lipinski definition) is 2. The monoisotopic (exact) mass is 321 g/mol. The molecular formula is C15H23N5OS. The number of oxazole rings is 1. The smallest absolute Gasteiger partial charge is 0.214 e. The summed E-state index contributed by atoms with van der Waals surface area (Å²) in [5, 5.41) is 9.77. The third kappa shape index (κ3) is 4.56. The predicted molar refractivity (Wildman–Crippen MR) is 89.4 cm³/mol. The van der Waals surface area contributed by atoms with Crippen molar-refractivity contribution in [2.45, 2.75) is 40.2 Å². The Hall–Kier alpha value is -1.89. The van der Waals surface area contributed by atoms with Gasteiger partial charge < -0.3 is 15.1 Å². The average Bonchev–Trinajstić information content (AvgIpc) is 3.09. The molecule has 2 rings (SSSR count).